The van der Waals surface area contributed by atoms with Gasteiger partial charge in [0.2, 0.25) is 5.72 Å². The number of rotatable bonds is 2. The van der Waals surface area contributed by atoms with Crippen molar-refractivity contribution >= 4 is 11.7 Å². The lowest BCUT2D eigenvalue weighted by molar-refractivity contribution is -0.131. The molecule has 0 saturated carbocycles. The zero-order valence-electron chi connectivity index (χ0n) is 21.6. The van der Waals surface area contributed by atoms with E-state index in [2.05, 4.69) is 108 Å². The van der Waals surface area contributed by atoms with Crippen LogP contribution >= 0.6 is 0 Å². The molecular weight excluding hydrogens is 424 g/mol. The summed E-state index contributed by atoms with van der Waals surface area (Å²) < 4.78 is 0. The molecule has 0 aromatic heterocycles. The largest absolute Gasteiger partial charge is 0.384 e. The summed E-state index contributed by atoms with van der Waals surface area (Å²) in [6.45, 7) is 19.1. The van der Waals surface area contributed by atoms with Crippen LogP contribution in [0.2, 0.25) is 0 Å². The highest BCUT2D eigenvalue weighted by molar-refractivity contribution is 6.07. The van der Waals surface area contributed by atoms with Crippen LogP contribution in [0.4, 0.5) is 0 Å². The van der Waals surface area contributed by atoms with E-state index in [1.165, 1.54) is 33.4 Å². The Morgan fingerprint density at radius 2 is 1.26 bits per heavy atom. The molecule has 2 aromatic carbocycles. The van der Waals surface area contributed by atoms with E-state index in [0.29, 0.717) is 0 Å². The molecule has 178 valence electrons. The van der Waals surface area contributed by atoms with Crippen molar-refractivity contribution in [2.45, 2.75) is 80.2 Å². The number of aryl methyl sites for hydroxylation is 6. The maximum absolute atomic E-state index is 6.21. The Morgan fingerprint density at radius 1 is 0.765 bits per heavy atom. The van der Waals surface area contributed by atoms with Crippen molar-refractivity contribution in [3.05, 3.63) is 80.4 Å². The van der Waals surface area contributed by atoms with Gasteiger partial charge in [-0.05, 0) is 89.3 Å². The van der Waals surface area contributed by atoms with Gasteiger partial charge in [0.15, 0.2) is 17.8 Å². The fraction of sp³-hybridized carbons (Fsp3) is 0.429. The summed E-state index contributed by atoms with van der Waals surface area (Å²) in [4.78, 5) is 12.3. The minimum atomic E-state index is -0.798. The summed E-state index contributed by atoms with van der Waals surface area (Å²) in [6.07, 6.45) is 1.94. The molecule has 0 amide bonds. The van der Waals surface area contributed by atoms with Gasteiger partial charge in [-0.25, -0.2) is 5.01 Å². The van der Waals surface area contributed by atoms with E-state index in [-0.39, 0.29) is 12.1 Å². The topological polar surface area (TPSA) is 49.7 Å². The van der Waals surface area contributed by atoms with Crippen molar-refractivity contribution in [3.63, 3.8) is 0 Å². The van der Waals surface area contributed by atoms with Crippen LogP contribution in [-0.4, -0.2) is 39.6 Å². The third-order valence-electron chi connectivity index (χ3n) is 7.19. The van der Waals surface area contributed by atoms with Gasteiger partial charge < -0.3 is 9.68 Å². The smallest absolute Gasteiger partial charge is 0.245 e. The van der Waals surface area contributed by atoms with Crippen LogP contribution in [0.25, 0.3) is 0 Å². The van der Waals surface area contributed by atoms with Crippen molar-refractivity contribution in [3.8, 4) is 0 Å². The van der Waals surface area contributed by atoms with E-state index in [1.807, 2.05) is 0 Å². The number of hydrogen-bond donors (Lipinski definition) is 0. The maximum atomic E-state index is 6.21. The number of amidine groups is 2. The fourth-order valence-corrected chi connectivity index (χ4v) is 6.01. The second kappa shape index (κ2) is 7.62. The molecule has 0 fully saturated rings. The Morgan fingerprint density at radius 3 is 1.79 bits per heavy atom. The Bertz CT molecular complexity index is 1250. The first-order valence-electron chi connectivity index (χ1n) is 12.0. The Balaban J connectivity index is 1.74. The predicted octanol–water partition coefficient (Wildman–Crippen LogP) is 5.57. The Kier molecular flexibility index (Phi) is 5.04. The van der Waals surface area contributed by atoms with Gasteiger partial charge in [0.25, 0.3) is 0 Å². The normalized spacial score (nSPS) is 25.6. The van der Waals surface area contributed by atoms with Gasteiger partial charge in [-0.3, -0.25) is 5.01 Å². The fourth-order valence-electron chi connectivity index (χ4n) is 6.01. The van der Waals surface area contributed by atoms with Gasteiger partial charge in [0.1, 0.15) is 0 Å². The van der Waals surface area contributed by atoms with Crippen LogP contribution in [0.5, 0.6) is 0 Å². The first-order valence-corrected chi connectivity index (χ1v) is 12.0. The van der Waals surface area contributed by atoms with Crippen LogP contribution in [-0.2, 0) is 9.68 Å². The minimum absolute atomic E-state index is 0.0105. The minimum Gasteiger partial charge on any atom is -0.384 e. The van der Waals surface area contributed by atoms with E-state index < -0.39 is 5.72 Å². The van der Waals surface area contributed by atoms with Gasteiger partial charge in [0, 0.05) is 18.1 Å². The molecule has 2 aromatic rings. The van der Waals surface area contributed by atoms with Gasteiger partial charge in [0.05, 0.1) is 6.04 Å². The number of nitrogens with zero attached hydrogens (tertiary/aromatic N) is 4. The summed E-state index contributed by atoms with van der Waals surface area (Å²) in [5, 5.41) is 13.8. The summed E-state index contributed by atoms with van der Waals surface area (Å²) in [6, 6.07) is 8.80. The van der Waals surface area contributed by atoms with Crippen molar-refractivity contribution in [1.29, 1.82) is 0 Å². The van der Waals surface area contributed by atoms with Crippen molar-refractivity contribution in [2.24, 2.45) is 10.3 Å². The molecule has 0 spiro atoms. The van der Waals surface area contributed by atoms with Crippen molar-refractivity contribution in [2.75, 3.05) is 0 Å². The SMILES string of the molecule is CC1=C[C@@]2(C)ON=C(c3c(C)cc(C)cc3C)N2N2C(c3c(C)cc(C)cc3C)=NO[C@H]1[C@@H]2C. The molecule has 2 bridgehead atoms. The molecule has 0 N–H and O–H groups in total. The third-order valence-corrected chi connectivity index (χ3v) is 7.19. The quantitative estimate of drug-likeness (QED) is 0.552. The van der Waals surface area contributed by atoms with Crippen molar-refractivity contribution in [1.82, 2.24) is 10.0 Å². The van der Waals surface area contributed by atoms with Gasteiger partial charge in [-0.2, -0.15) is 0 Å². The summed E-state index contributed by atoms with van der Waals surface area (Å²) in [5.74, 6) is 1.58. The maximum Gasteiger partial charge on any atom is 0.245 e. The Labute approximate surface area is 202 Å². The predicted molar refractivity (Wildman–Crippen MR) is 136 cm³/mol. The van der Waals surface area contributed by atoms with Crippen LogP contribution in [0.1, 0.15) is 65.3 Å². The van der Waals surface area contributed by atoms with Crippen LogP contribution in [0, 0.1) is 41.5 Å². The van der Waals surface area contributed by atoms with Crippen LogP contribution in [0.15, 0.2) is 46.2 Å². The molecule has 3 aliphatic rings. The van der Waals surface area contributed by atoms with Gasteiger partial charge in [-0.1, -0.05) is 45.7 Å². The Hall–Kier alpha value is -3.28. The zero-order chi connectivity index (χ0) is 24.5. The number of oxime groups is 2. The molecule has 5 rings (SSSR count). The molecular formula is C28H34N4O2. The average molecular weight is 459 g/mol. The molecule has 6 nitrogen and oxygen atoms in total. The van der Waals surface area contributed by atoms with Gasteiger partial charge >= 0.3 is 0 Å². The lowest BCUT2D eigenvalue weighted by Crippen LogP contribution is -2.62. The molecule has 0 unspecified atom stereocenters. The number of benzene rings is 2. The molecule has 3 atom stereocenters. The van der Waals surface area contributed by atoms with Crippen LogP contribution in [0.3, 0.4) is 0 Å². The highest BCUT2D eigenvalue weighted by Gasteiger charge is 2.53. The molecule has 0 aliphatic carbocycles. The first-order chi connectivity index (χ1) is 16.0. The standard InChI is InChI=1S/C28H34N4O2/c1-15-10-17(3)23(18(4)11-15)26-29-33-25-21(7)14-28(9)32(31(26)22(25)8)27(30-34-28)24-19(5)12-16(2)13-20(24)6/h10-14,22,25H,1-9H3/t22-,25+,28+/m0/s1. The van der Waals surface area contributed by atoms with E-state index >= 15 is 0 Å². The van der Waals surface area contributed by atoms with E-state index in [9.17, 15) is 0 Å². The molecule has 0 radical (unpaired) electrons. The summed E-state index contributed by atoms with van der Waals surface area (Å²) >= 11 is 0. The summed E-state index contributed by atoms with van der Waals surface area (Å²) in [5.41, 5.74) is 9.61. The highest BCUT2D eigenvalue weighted by atomic mass is 16.7. The number of hydrogen-bond acceptors (Lipinski definition) is 6. The lowest BCUT2D eigenvalue weighted by Gasteiger charge is -2.46. The summed E-state index contributed by atoms with van der Waals surface area (Å²) in [7, 11) is 0. The average Bonchev–Trinajstić information content (AvgIpc) is 3.00. The third kappa shape index (κ3) is 3.23. The molecule has 6 heteroatoms. The number of fused-ring (bicyclic) bond motifs is 4. The highest BCUT2D eigenvalue weighted by Crippen LogP contribution is 2.41. The zero-order valence-corrected chi connectivity index (χ0v) is 21.6. The first kappa shape index (κ1) is 22.5. The molecule has 3 heterocycles. The van der Waals surface area contributed by atoms with Crippen molar-refractivity contribution < 1.29 is 9.68 Å². The monoisotopic (exact) mass is 458 g/mol. The second-order valence-electron chi connectivity index (χ2n) is 10.3. The second-order valence-corrected chi connectivity index (χ2v) is 10.3. The molecule has 3 aliphatic heterocycles. The van der Waals surface area contributed by atoms with E-state index in [0.717, 1.165) is 28.4 Å². The molecule has 34 heavy (non-hydrogen) atoms. The van der Waals surface area contributed by atoms with Gasteiger partial charge in [-0.15, -0.1) is 0 Å². The number of hydrazine groups is 1. The van der Waals surface area contributed by atoms with E-state index in [1.54, 1.807) is 0 Å². The van der Waals surface area contributed by atoms with Crippen LogP contribution < -0.4 is 0 Å². The lowest BCUT2D eigenvalue weighted by atomic mass is 9.96. The molecule has 0 saturated heterocycles. The van der Waals surface area contributed by atoms with E-state index in [4.69, 9.17) is 14.8 Å².